The Balaban J connectivity index is 1.94. The Bertz CT molecular complexity index is 332. The Morgan fingerprint density at radius 1 is 1.17 bits per heavy atom. The van der Waals surface area contributed by atoms with Gasteiger partial charge in [0.05, 0.1) is 5.92 Å². The number of carbonyl (C=O) groups excluding carboxylic acids is 1. The third-order valence-corrected chi connectivity index (χ3v) is 4.21. The van der Waals surface area contributed by atoms with Gasteiger partial charge in [-0.15, -0.1) is 0 Å². The lowest BCUT2D eigenvalue weighted by Crippen LogP contribution is -2.50. The molecule has 0 bridgehead atoms. The van der Waals surface area contributed by atoms with Crippen LogP contribution in [0.1, 0.15) is 45.4 Å². The molecule has 3 unspecified atom stereocenters. The van der Waals surface area contributed by atoms with Gasteiger partial charge < -0.3 is 15.3 Å². The second kappa shape index (κ2) is 5.59. The number of carboxylic acids is 1. The van der Waals surface area contributed by atoms with Crippen molar-refractivity contribution in [2.75, 3.05) is 6.54 Å². The molecule has 0 spiro atoms. The summed E-state index contributed by atoms with van der Waals surface area (Å²) in [6.07, 6.45) is 5.50. The van der Waals surface area contributed by atoms with Gasteiger partial charge in [0.15, 0.2) is 0 Å². The number of amides is 2. The molecule has 0 aromatic rings. The molecule has 1 heterocycles. The van der Waals surface area contributed by atoms with Crippen molar-refractivity contribution < 1.29 is 14.7 Å². The molecule has 1 saturated carbocycles. The van der Waals surface area contributed by atoms with Crippen LogP contribution in [0.5, 0.6) is 0 Å². The van der Waals surface area contributed by atoms with Crippen LogP contribution >= 0.6 is 0 Å². The molecule has 2 amide bonds. The Hall–Kier alpha value is -1.26. The van der Waals surface area contributed by atoms with Gasteiger partial charge >= 0.3 is 12.0 Å². The van der Waals surface area contributed by atoms with Crippen LogP contribution in [-0.4, -0.2) is 40.6 Å². The van der Waals surface area contributed by atoms with Gasteiger partial charge in [-0.25, -0.2) is 4.79 Å². The normalized spacial score (nSPS) is 32.3. The highest BCUT2D eigenvalue weighted by Gasteiger charge is 2.34. The molecule has 1 aliphatic heterocycles. The molecule has 2 rings (SSSR count). The minimum atomic E-state index is -0.783. The maximum atomic E-state index is 12.1. The molecule has 5 heteroatoms. The fourth-order valence-electron chi connectivity index (χ4n) is 3.08. The molecule has 0 aromatic heterocycles. The lowest BCUT2D eigenvalue weighted by molar-refractivity contribution is -0.143. The lowest BCUT2D eigenvalue weighted by atomic mass is 9.84. The number of rotatable bonds is 2. The quantitative estimate of drug-likeness (QED) is 0.789. The van der Waals surface area contributed by atoms with E-state index in [1.807, 2.05) is 11.8 Å². The lowest BCUT2D eigenvalue weighted by Gasteiger charge is -2.32. The largest absolute Gasteiger partial charge is 0.481 e. The van der Waals surface area contributed by atoms with E-state index in [-0.39, 0.29) is 18.1 Å². The molecule has 0 aromatic carbocycles. The molecule has 102 valence electrons. The number of nitrogens with one attached hydrogen (secondary N) is 1. The van der Waals surface area contributed by atoms with Crippen LogP contribution in [0.15, 0.2) is 0 Å². The fourth-order valence-corrected chi connectivity index (χ4v) is 3.08. The van der Waals surface area contributed by atoms with E-state index in [2.05, 4.69) is 5.32 Å². The zero-order valence-electron chi connectivity index (χ0n) is 10.9. The first-order chi connectivity index (χ1) is 8.59. The Morgan fingerprint density at radius 3 is 2.50 bits per heavy atom. The number of likely N-dealkylation sites (tertiary alicyclic amines) is 1. The van der Waals surface area contributed by atoms with Crippen molar-refractivity contribution in [3.63, 3.8) is 0 Å². The molecule has 2 N–H and O–H groups in total. The van der Waals surface area contributed by atoms with Crippen LogP contribution in [0, 0.1) is 5.92 Å². The summed E-state index contributed by atoms with van der Waals surface area (Å²) in [4.78, 5) is 25.1. The van der Waals surface area contributed by atoms with Crippen molar-refractivity contribution in [2.45, 2.75) is 57.5 Å². The van der Waals surface area contributed by atoms with E-state index in [1.165, 1.54) is 0 Å². The summed E-state index contributed by atoms with van der Waals surface area (Å²) in [6.45, 7) is 2.83. The van der Waals surface area contributed by atoms with E-state index in [4.69, 9.17) is 0 Å². The second-order valence-corrected chi connectivity index (χ2v) is 5.47. The van der Waals surface area contributed by atoms with Gasteiger partial charge in [-0.1, -0.05) is 12.8 Å². The SMILES string of the molecule is CC1CCCN1C(=O)NC1CCCCC1C(=O)O. The molecule has 3 atom stereocenters. The van der Waals surface area contributed by atoms with Gasteiger partial charge in [0.25, 0.3) is 0 Å². The molecular formula is C13H22N2O3. The standard InChI is InChI=1S/C13H22N2O3/c1-9-5-4-8-15(9)13(18)14-11-7-3-2-6-10(11)12(16)17/h9-11H,2-8H2,1H3,(H,14,18)(H,16,17). The van der Waals surface area contributed by atoms with Crippen molar-refractivity contribution >= 4 is 12.0 Å². The van der Waals surface area contributed by atoms with Crippen LogP contribution in [0.25, 0.3) is 0 Å². The number of carboxylic acid groups (broad SMARTS) is 1. The highest BCUT2D eigenvalue weighted by Crippen LogP contribution is 2.25. The van der Waals surface area contributed by atoms with Crippen molar-refractivity contribution in [1.82, 2.24) is 10.2 Å². The van der Waals surface area contributed by atoms with E-state index in [0.29, 0.717) is 6.42 Å². The summed E-state index contributed by atoms with van der Waals surface area (Å²) in [5.41, 5.74) is 0. The van der Waals surface area contributed by atoms with Crippen molar-refractivity contribution in [2.24, 2.45) is 5.92 Å². The maximum absolute atomic E-state index is 12.1. The van der Waals surface area contributed by atoms with E-state index < -0.39 is 11.9 Å². The molecule has 0 radical (unpaired) electrons. The van der Waals surface area contributed by atoms with Crippen LogP contribution in [0.3, 0.4) is 0 Å². The summed E-state index contributed by atoms with van der Waals surface area (Å²) in [5.74, 6) is -1.20. The first-order valence-corrected chi connectivity index (χ1v) is 6.89. The average Bonchev–Trinajstić information content (AvgIpc) is 2.76. The predicted molar refractivity (Wildman–Crippen MR) is 67.3 cm³/mol. The number of nitrogens with zero attached hydrogens (tertiary/aromatic N) is 1. The average molecular weight is 254 g/mol. The molecule has 2 fully saturated rings. The summed E-state index contributed by atoms with van der Waals surface area (Å²) in [5, 5.41) is 12.1. The third kappa shape index (κ3) is 2.76. The monoisotopic (exact) mass is 254 g/mol. The molecule has 1 aliphatic carbocycles. The smallest absolute Gasteiger partial charge is 0.317 e. The predicted octanol–water partition coefficient (Wildman–Crippen LogP) is 1.82. The minimum absolute atomic E-state index is 0.0850. The first-order valence-electron chi connectivity index (χ1n) is 6.89. The molecule has 2 aliphatic rings. The molecular weight excluding hydrogens is 232 g/mol. The Kier molecular flexibility index (Phi) is 4.09. The van der Waals surface area contributed by atoms with E-state index in [9.17, 15) is 14.7 Å². The van der Waals surface area contributed by atoms with E-state index >= 15 is 0 Å². The summed E-state index contributed by atoms with van der Waals surface area (Å²) >= 11 is 0. The van der Waals surface area contributed by atoms with Crippen LogP contribution < -0.4 is 5.32 Å². The maximum Gasteiger partial charge on any atom is 0.317 e. The zero-order chi connectivity index (χ0) is 13.1. The van der Waals surface area contributed by atoms with Gasteiger partial charge in [0.1, 0.15) is 0 Å². The third-order valence-electron chi connectivity index (χ3n) is 4.21. The summed E-state index contributed by atoms with van der Waals surface area (Å²) in [6, 6.07) is -0.00781. The molecule has 18 heavy (non-hydrogen) atoms. The van der Waals surface area contributed by atoms with Gasteiger partial charge in [-0.05, 0) is 32.6 Å². The number of aliphatic carboxylic acids is 1. The van der Waals surface area contributed by atoms with Crippen molar-refractivity contribution in [3.05, 3.63) is 0 Å². The second-order valence-electron chi connectivity index (χ2n) is 5.47. The number of hydrogen-bond donors (Lipinski definition) is 2. The highest BCUT2D eigenvalue weighted by atomic mass is 16.4. The van der Waals surface area contributed by atoms with Crippen molar-refractivity contribution in [1.29, 1.82) is 0 Å². The molecule has 1 saturated heterocycles. The van der Waals surface area contributed by atoms with Gasteiger partial charge in [0, 0.05) is 18.6 Å². The van der Waals surface area contributed by atoms with Crippen LogP contribution in [0.2, 0.25) is 0 Å². The van der Waals surface area contributed by atoms with Gasteiger partial charge in [0.2, 0.25) is 0 Å². The topological polar surface area (TPSA) is 69.6 Å². The van der Waals surface area contributed by atoms with Gasteiger partial charge in [-0.3, -0.25) is 4.79 Å². The summed E-state index contributed by atoms with van der Waals surface area (Å²) < 4.78 is 0. The molecule has 5 nitrogen and oxygen atoms in total. The Labute approximate surface area is 108 Å². The van der Waals surface area contributed by atoms with Crippen molar-refractivity contribution in [3.8, 4) is 0 Å². The minimum Gasteiger partial charge on any atom is -0.481 e. The van der Waals surface area contributed by atoms with E-state index in [1.54, 1.807) is 0 Å². The van der Waals surface area contributed by atoms with E-state index in [0.717, 1.165) is 38.6 Å². The Morgan fingerprint density at radius 2 is 1.89 bits per heavy atom. The van der Waals surface area contributed by atoms with Crippen LogP contribution in [-0.2, 0) is 4.79 Å². The number of carbonyl (C=O) groups is 2. The zero-order valence-corrected chi connectivity index (χ0v) is 10.9. The van der Waals surface area contributed by atoms with Gasteiger partial charge in [-0.2, -0.15) is 0 Å². The summed E-state index contributed by atoms with van der Waals surface area (Å²) in [7, 11) is 0. The number of urea groups is 1. The number of hydrogen-bond acceptors (Lipinski definition) is 2. The van der Waals surface area contributed by atoms with Crippen LogP contribution in [0.4, 0.5) is 4.79 Å². The highest BCUT2D eigenvalue weighted by molar-refractivity contribution is 5.77. The fraction of sp³-hybridized carbons (Fsp3) is 0.846. The first kappa shape index (κ1) is 13.2.